The van der Waals surface area contributed by atoms with E-state index < -0.39 is 5.63 Å². The quantitative estimate of drug-likeness (QED) is 0.419. The molecule has 0 atom stereocenters. The third-order valence-electron chi connectivity index (χ3n) is 3.62. The highest BCUT2D eigenvalue weighted by atomic mass is 16.5. The first-order chi connectivity index (χ1) is 11.1. The van der Waals surface area contributed by atoms with Crippen LogP contribution in [0.5, 0.6) is 5.75 Å². The molecule has 3 rings (SSSR count). The van der Waals surface area contributed by atoms with Gasteiger partial charge in [-0.25, -0.2) is 4.79 Å². The van der Waals surface area contributed by atoms with Gasteiger partial charge < -0.3 is 9.15 Å². The molecule has 0 unspecified atom stereocenters. The predicted molar refractivity (Wildman–Crippen MR) is 87.6 cm³/mol. The highest BCUT2D eigenvalue weighted by Gasteiger charge is 2.08. The molecular weight excluding hydrogens is 292 g/mol. The van der Waals surface area contributed by atoms with Crippen molar-refractivity contribution in [2.45, 2.75) is 19.8 Å². The number of ether oxygens (including phenoxy) is 1. The van der Waals surface area contributed by atoms with E-state index >= 15 is 0 Å². The molecule has 0 aliphatic rings. The SMILES string of the molecule is Cc1cc(=O)oc2cc(OC(=O)CCc3ccccc3)ccc12. The van der Waals surface area contributed by atoms with E-state index in [9.17, 15) is 9.59 Å². The second-order valence-electron chi connectivity index (χ2n) is 5.37. The molecule has 1 aromatic heterocycles. The number of carbonyl (C=O) groups is 1. The van der Waals surface area contributed by atoms with Crippen LogP contribution in [0.1, 0.15) is 17.5 Å². The molecule has 0 radical (unpaired) electrons. The summed E-state index contributed by atoms with van der Waals surface area (Å²) in [6.07, 6.45) is 0.918. The average molecular weight is 308 g/mol. The van der Waals surface area contributed by atoms with Crippen LogP contribution in [0.4, 0.5) is 0 Å². The van der Waals surface area contributed by atoms with E-state index in [1.807, 2.05) is 37.3 Å². The van der Waals surface area contributed by atoms with Crippen molar-refractivity contribution in [2.75, 3.05) is 0 Å². The maximum absolute atomic E-state index is 11.9. The van der Waals surface area contributed by atoms with Gasteiger partial charge in [0.25, 0.3) is 0 Å². The highest BCUT2D eigenvalue weighted by Crippen LogP contribution is 2.22. The molecular formula is C19H16O4. The molecule has 0 saturated heterocycles. The maximum atomic E-state index is 11.9. The summed E-state index contributed by atoms with van der Waals surface area (Å²) in [7, 11) is 0. The van der Waals surface area contributed by atoms with Crippen LogP contribution >= 0.6 is 0 Å². The molecule has 4 nitrogen and oxygen atoms in total. The zero-order chi connectivity index (χ0) is 16.2. The minimum Gasteiger partial charge on any atom is -0.426 e. The van der Waals surface area contributed by atoms with Crippen molar-refractivity contribution in [3.63, 3.8) is 0 Å². The molecule has 3 aromatic rings. The van der Waals surface area contributed by atoms with Crippen molar-refractivity contribution in [3.8, 4) is 5.75 Å². The van der Waals surface area contributed by atoms with E-state index in [0.717, 1.165) is 16.5 Å². The molecule has 23 heavy (non-hydrogen) atoms. The Morgan fingerprint density at radius 2 is 1.87 bits per heavy atom. The average Bonchev–Trinajstić information content (AvgIpc) is 2.53. The molecule has 4 heteroatoms. The number of hydrogen-bond donors (Lipinski definition) is 0. The Morgan fingerprint density at radius 1 is 1.09 bits per heavy atom. The van der Waals surface area contributed by atoms with Crippen molar-refractivity contribution >= 4 is 16.9 Å². The standard InChI is InChI=1S/C19H16O4/c1-13-11-19(21)23-17-12-15(8-9-16(13)17)22-18(20)10-7-14-5-3-2-4-6-14/h2-6,8-9,11-12H,7,10H2,1H3. The molecule has 116 valence electrons. The van der Waals surface area contributed by atoms with Crippen molar-refractivity contribution < 1.29 is 13.9 Å². The zero-order valence-electron chi connectivity index (χ0n) is 12.7. The molecule has 0 fully saturated rings. The van der Waals surface area contributed by atoms with Gasteiger partial charge in [-0.2, -0.15) is 0 Å². The Labute approximate surface area is 133 Å². The number of rotatable bonds is 4. The fourth-order valence-corrected chi connectivity index (χ4v) is 2.44. The van der Waals surface area contributed by atoms with Crippen molar-refractivity contribution in [1.82, 2.24) is 0 Å². The van der Waals surface area contributed by atoms with Crippen LogP contribution in [-0.4, -0.2) is 5.97 Å². The van der Waals surface area contributed by atoms with Crippen LogP contribution in [0.2, 0.25) is 0 Å². The number of carbonyl (C=O) groups excluding carboxylic acids is 1. The summed E-state index contributed by atoms with van der Waals surface area (Å²) in [5.41, 5.74) is 1.92. The number of hydrogen-bond acceptors (Lipinski definition) is 4. The van der Waals surface area contributed by atoms with Gasteiger partial charge in [0.2, 0.25) is 0 Å². The summed E-state index contributed by atoms with van der Waals surface area (Å²) in [6, 6.07) is 16.3. The molecule has 0 saturated carbocycles. The van der Waals surface area contributed by atoms with Crippen LogP contribution in [0.25, 0.3) is 11.0 Å². The Hall–Kier alpha value is -2.88. The van der Waals surface area contributed by atoms with Crippen molar-refractivity contribution in [3.05, 3.63) is 76.1 Å². The van der Waals surface area contributed by atoms with E-state index in [0.29, 0.717) is 24.2 Å². The Balaban J connectivity index is 1.71. The van der Waals surface area contributed by atoms with Crippen LogP contribution in [0, 0.1) is 6.92 Å². The Morgan fingerprint density at radius 3 is 2.65 bits per heavy atom. The van der Waals surface area contributed by atoms with E-state index in [4.69, 9.17) is 9.15 Å². The highest BCUT2D eigenvalue weighted by molar-refractivity contribution is 5.82. The van der Waals surface area contributed by atoms with E-state index in [1.165, 1.54) is 6.07 Å². The summed E-state index contributed by atoms with van der Waals surface area (Å²) in [5, 5.41) is 0.827. The lowest BCUT2D eigenvalue weighted by atomic mass is 10.1. The fraction of sp³-hybridized carbons (Fsp3) is 0.158. The van der Waals surface area contributed by atoms with Gasteiger partial charge in [0.15, 0.2) is 0 Å². The number of esters is 1. The molecule has 1 heterocycles. The Bertz CT molecular complexity index is 894. The predicted octanol–water partition coefficient (Wildman–Crippen LogP) is 3.64. The largest absolute Gasteiger partial charge is 0.426 e. The van der Waals surface area contributed by atoms with Gasteiger partial charge in [0.1, 0.15) is 11.3 Å². The van der Waals surface area contributed by atoms with Crippen LogP contribution < -0.4 is 10.4 Å². The first kappa shape index (κ1) is 15.0. The minimum atomic E-state index is -0.414. The minimum absolute atomic E-state index is 0.291. The van der Waals surface area contributed by atoms with Crippen LogP contribution in [-0.2, 0) is 11.2 Å². The van der Waals surface area contributed by atoms with Crippen LogP contribution in [0.15, 0.2) is 63.8 Å². The molecule has 0 amide bonds. The summed E-state index contributed by atoms with van der Waals surface area (Å²) in [5.74, 6) is 0.0625. The van der Waals surface area contributed by atoms with Gasteiger partial charge in [0.05, 0.1) is 0 Å². The van der Waals surface area contributed by atoms with Gasteiger partial charge in [-0.15, -0.1) is 0 Å². The second kappa shape index (κ2) is 6.48. The summed E-state index contributed by atoms with van der Waals surface area (Å²) in [4.78, 5) is 23.4. The lowest BCUT2D eigenvalue weighted by Gasteiger charge is -2.06. The van der Waals surface area contributed by atoms with Gasteiger partial charge >= 0.3 is 11.6 Å². The zero-order valence-corrected chi connectivity index (χ0v) is 12.7. The summed E-state index contributed by atoms with van der Waals surface area (Å²) in [6.45, 7) is 1.84. The lowest BCUT2D eigenvalue weighted by Crippen LogP contribution is -2.09. The fourth-order valence-electron chi connectivity index (χ4n) is 2.44. The third kappa shape index (κ3) is 3.66. The van der Waals surface area contributed by atoms with E-state index in [-0.39, 0.29) is 5.97 Å². The molecule has 0 aliphatic carbocycles. The third-order valence-corrected chi connectivity index (χ3v) is 3.62. The van der Waals surface area contributed by atoms with Gasteiger partial charge in [0, 0.05) is 23.9 Å². The van der Waals surface area contributed by atoms with Gasteiger partial charge in [-0.1, -0.05) is 30.3 Å². The molecule has 0 N–H and O–H groups in total. The Kier molecular flexibility index (Phi) is 4.24. The monoisotopic (exact) mass is 308 g/mol. The number of fused-ring (bicyclic) bond motifs is 1. The van der Waals surface area contributed by atoms with Crippen LogP contribution in [0.3, 0.4) is 0 Å². The summed E-state index contributed by atoms with van der Waals surface area (Å²) < 4.78 is 10.5. The van der Waals surface area contributed by atoms with Gasteiger partial charge in [-0.05, 0) is 36.6 Å². The number of benzene rings is 2. The topological polar surface area (TPSA) is 56.5 Å². The van der Waals surface area contributed by atoms with E-state index in [2.05, 4.69) is 0 Å². The molecule has 0 aliphatic heterocycles. The van der Waals surface area contributed by atoms with Crippen molar-refractivity contribution in [2.24, 2.45) is 0 Å². The van der Waals surface area contributed by atoms with Crippen molar-refractivity contribution in [1.29, 1.82) is 0 Å². The molecule has 0 spiro atoms. The van der Waals surface area contributed by atoms with E-state index in [1.54, 1.807) is 18.2 Å². The summed E-state index contributed by atoms with van der Waals surface area (Å²) >= 11 is 0. The normalized spacial score (nSPS) is 10.7. The first-order valence-corrected chi connectivity index (χ1v) is 7.41. The van der Waals surface area contributed by atoms with Gasteiger partial charge in [-0.3, -0.25) is 4.79 Å². The number of aryl methyl sites for hydroxylation is 2. The first-order valence-electron chi connectivity index (χ1n) is 7.41. The molecule has 0 bridgehead atoms. The smallest absolute Gasteiger partial charge is 0.336 e. The molecule has 2 aromatic carbocycles. The second-order valence-corrected chi connectivity index (χ2v) is 5.37. The lowest BCUT2D eigenvalue weighted by molar-refractivity contribution is -0.134. The maximum Gasteiger partial charge on any atom is 0.336 e.